The van der Waals surface area contributed by atoms with Gasteiger partial charge in [-0.05, 0) is 25.7 Å². The van der Waals surface area contributed by atoms with E-state index in [1.807, 2.05) is 0 Å². The van der Waals surface area contributed by atoms with Gasteiger partial charge in [0.2, 0.25) is 0 Å². The molecule has 29 heavy (non-hydrogen) atoms. The Balaban J connectivity index is 3.12. The lowest BCUT2D eigenvalue weighted by molar-refractivity contribution is 0.0123. The maximum absolute atomic E-state index is 10.1. The quantitative estimate of drug-likeness (QED) is 0.169. The van der Waals surface area contributed by atoms with Gasteiger partial charge < -0.3 is 19.3 Å². The van der Waals surface area contributed by atoms with Crippen LogP contribution in [-0.2, 0) is 14.2 Å². The highest BCUT2D eigenvalue weighted by atomic mass is 16.5. The molecule has 0 aliphatic carbocycles. The summed E-state index contributed by atoms with van der Waals surface area (Å²) in [5.74, 6) is 0. The topological polar surface area (TPSA) is 47.9 Å². The number of aliphatic hydroxyl groups is 1. The number of hydrogen-bond donors (Lipinski definition) is 1. The minimum absolute atomic E-state index is 0.159. The van der Waals surface area contributed by atoms with Crippen molar-refractivity contribution < 1.29 is 19.3 Å². The summed E-state index contributed by atoms with van der Waals surface area (Å²) in [6.07, 6.45) is 20.0. The molecule has 0 aromatic heterocycles. The van der Waals surface area contributed by atoms with Crippen molar-refractivity contribution in [1.29, 1.82) is 0 Å². The van der Waals surface area contributed by atoms with Crippen LogP contribution in [0.2, 0.25) is 0 Å². The van der Waals surface area contributed by atoms with Gasteiger partial charge in [0, 0.05) is 13.2 Å². The number of hydrogen-bond acceptors (Lipinski definition) is 4. The van der Waals surface area contributed by atoms with Crippen LogP contribution in [0.5, 0.6) is 0 Å². The predicted octanol–water partition coefficient (Wildman–Crippen LogP) is 6.68. The number of aliphatic hydroxyl groups excluding tert-OH is 1. The van der Waals surface area contributed by atoms with Crippen LogP contribution in [0.15, 0.2) is 0 Å². The molecular formula is C25H52O4. The molecule has 0 aromatic rings. The standard InChI is InChI=1S/C25H52O4/c1-3-5-6-7-8-9-10-11-12-13-14-15-17-25(26)18-16-20-28-22-24-29-23-21-27-19-4-2/h25-26H,3-24H2,1-2H3. The zero-order valence-corrected chi connectivity index (χ0v) is 19.8. The van der Waals surface area contributed by atoms with Crippen LogP contribution in [0.3, 0.4) is 0 Å². The SMILES string of the molecule is CCCCCCCCCCCCCCC(O)CCCOCCOCCOCCC. The molecule has 0 heterocycles. The maximum atomic E-state index is 10.1. The molecule has 0 fully saturated rings. The van der Waals surface area contributed by atoms with Crippen molar-refractivity contribution in [2.24, 2.45) is 0 Å². The largest absolute Gasteiger partial charge is 0.393 e. The Bertz CT molecular complexity index is 286. The fourth-order valence-electron chi connectivity index (χ4n) is 3.47. The maximum Gasteiger partial charge on any atom is 0.0701 e. The fraction of sp³-hybridized carbons (Fsp3) is 1.00. The third kappa shape index (κ3) is 25.8. The average Bonchev–Trinajstić information content (AvgIpc) is 2.72. The second-order valence-electron chi connectivity index (χ2n) is 8.31. The Labute approximate surface area is 182 Å². The van der Waals surface area contributed by atoms with E-state index in [2.05, 4.69) is 13.8 Å². The predicted molar refractivity (Wildman–Crippen MR) is 124 cm³/mol. The average molecular weight is 417 g/mol. The van der Waals surface area contributed by atoms with Gasteiger partial charge in [-0.15, -0.1) is 0 Å². The molecule has 0 aliphatic heterocycles. The molecule has 0 radical (unpaired) electrons. The van der Waals surface area contributed by atoms with E-state index in [1.165, 1.54) is 70.6 Å². The molecule has 176 valence electrons. The first kappa shape index (κ1) is 28.8. The van der Waals surface area contributed by atoms with Gasteiger partial charge in [0.1, 0.15) is 0 Å². The molecule has 1 atom stereocenters. The van der Waals surface area contributed by atoms with Crippen molar-refractivity contribution in [2.45, 2.75) is 123 Å². The summed E-state index contributed by atoms with van der Waals surface area (Å²) in [5.41, 5.74) is 0. The van der Waals surface area contributed by atoms with Crippen LogP contribution < -0.4 is 0 Å². The van der Waals surface area contributed by atoms with Crippen LogP contribution in [0.4, 0.5) is 0 Å². The lowest BCUT2D eigenvalue weighted by Gasteiger charge is -2.11. The Morgan fingerprint density at radius 2 is 0.862 bits per heavy atom. The lowest BCUT2D eigenvalue weighted by atomic mass is 10.0. The highest BCUT2D eigenvalue weighted by Gasteiger charge is 2.04. The Hall–Kier alpha value is -0.160. The zero-order valence-electron chi connectivity index (χ0n) is 19.8. The summed E-state index contributed by atoms with van der Waals surface area (Å²) in [6.45, 7) is 8.45. The molecule has 0 aromatic carbocycles. The molecule has 4 heteroatoms. The highest BCUT2D eigenvalue weighted by molar-refractivity contribution is 4.57. The third-order valence-corrected chi connectivity index (χ3v) is 5.31. The van der Waals surface area contributed by atoms with E-state index in [9.17, 15) is 5.11 Å². The summed E-state index contributed by atoms with van der Waals surface area (Å²) >= 11 is 0. The lowest BCUT2D eigenvalue weighted by Crippen LogP contribution is -2.11. The first-order chi connectivity index (χ1) is 14.3. The molecule has 0 amide bonds. The van der Waals surface area contributed by atoms with Crippen LogP contribution in [0, 0.1) is 0 Å². The van der Waals surface area contributed by atoms with Gasteiger partial charge in [0.15, 0.2) is 0 Å². The molecule has 1 unspecified atom stereocenters. The third-order valence-electron chi connectivity index (χ3n) is 5.31. The molecule has 0 spiro atoms. The van der Waals surface area contributed by atoms with Gasteiger partial charge in [0.05, 0.1) is 32.5 Å². The molecule has 4 nitrogen and oxygen atoms in total. The Morgan fingerprint density at radius 1 is 0.448 bits per heavy atom. The van der Waals surface area contributed by atoms with E-state index in [0.717, 1.165) is 38.7 Å². The van der Waals surface area contributed by atoms with Crippen LogP contribution in [0.25, 0.3) is 0 Å². The number of ether oxygens (including phenoxy) is 3. The smallest absolute Gasteiger partial charge is 0.0701 e. The van der Waals surface area contributed by atoms with Crippen molar-refractivity contribution in [3.05, 3.63) is 0 Å². The van der Waals surface area contributed by atoms with Gasteiger partial charge in [-0.3, -0.25) is 0 Å². The van der Waals surface area contributed by atoms with Crippen molar-refractivity contribution in [3.63, 3.8) is 0 Å². The van der Waals surface area contributed by atoms with Crippen molar-refractivity contribution in [2.75, 3.05) is 39.6 Å². The summed E-state index contributed by atoms with van der Waals surface area (Å²) in [4.78, 5) is 0. The molecule has 0 rings (SSSR count). The van der Waals surface area contributed by atoms with Crippen molar-refractivity contribution in [3.8, 4) is 0 Å². The zero-order chi connectivity index (χ0) is 21.3. The monoisotopic (exact) mass is 416 g/mol. The van der Waals surface area contributed by atoms with Gasteiger partial charge in [-0.1, -0.05) is 90.9 Å². The molecular weight excluding hydrogens is 364 g/mol. The summed E-state index contributed by atoms with van der Waals surface area (Å²) in [6, 6.07) is 0. The summed E-state index contributed by atoms with van der Waals surface area (Å²) in [7, 11) is 0. The molecule has 0 aliphatic rings. The highest BCUT2D eigenvalue weighted by Crippen LogP contribution is 2.14. The normalized spacial score (nSPS) is 12.5. The van der Waals surface area contributed by atoms with Gasteiger partial charge in [-0.2, -0.15) is 0 Å². The first-order valence-electron chi connectivity index (χ1n) is 12.7. The first-order valence-corrected chi connectivity index (χ1v) is 12.7. The van der Waals surface area contributed by atoms with Crippen LogP contribution in [0.1, 0.15) is 117 Å². The van der Waals surface area contributed by atoms with E-state index in [0.29, 0.717) is 33.0 Å². The van der Waals surface area contributed by atoms with E-state index < -0.39 is 0 Å². The van der Waals surface area contributed by atoms with E-state index in [-0.39, 0.29) is 6.10 Å². The van der Waals surface area contributed by atoms with E-state index >= 15 is 0 Å². The Kier molecular flexibility index (Phi) is 25.7. The molecule has 0 saturated carbocycles. The van der Waals surface area contributed by atoms with E-state index in [4.69, 9.17) is 14.2 Å². The molecule has 0 saturated heterocycles. The summed E-state index contributed by atoms with van der Waals surface area (Å²) in [5, 5.41) is 10.1. The van der Waals surface area contributed by atoms with Gasteiger partial charge in [-0.25, -0.2) is 0 Å². The molecule has 1 N–H and O–H groups in total. The minimum atomic E-state index is -0.159. The molecule has 0 bridgehead atoms. The second-order valence-corrected chi connectivity index (χ2v) is 8.31. The van der Waals surface area contributed by atoms with Gasteiger partial charge >= 0.3 is 0 Å². The van der Waals surface area contributed by atoms with Crippen LogP contribution >= 0.6 is 0 Å². The fourth-order valence-corrected chi connectivity index (χ4v) is 3.47. The van der Waals surface area contributed by atoms with Gasteiger partial charge in [0.25, 0.3) is 0 Å². The summed E-state index contributed by atoms with van der Waals surface area (Å²) < 4.78 is 16.3. The Morgan fingerprint density at radius 3 is 1.38 bits per heavy atom. The van der Waals surface area contributed by atoms with Crippen LogP contribution in [-0.4, -0.2) is 50.9 Å². The second kappa shape index (κ2) is 25.9. The number of unbranched alkanes of at least 4 members (excludes halogenated alkanes) is 11. The van der Waals surface area contributed by atoms with Crippen molar-refractivity contribution in [1.82, 2.24) is 0 Å². The van der Waals surface area contributed by atoms with Crippen molar-refractivity contribution >= 4 is 0 Å². The number of rotatable bonds is 25. The van der Waals surface area contributed by atoms with E-state index in [1.54, 1.807) is 0 Å². The minimum Gasteiger partial charge on any atom is -0.393 e.